The van der Waals surface area contributed by atoms with E-state index in [4.69, 9.17) is 23.2 Å². The highest BCUT2D eigenvalue weighted by atomic mass is 35.5. The Morgan fingerprint density at radius 3 is 2.52 bits per heavy atom. The van der Waals surface area contributed by atoms with E-state index in [1.165, 1.54) is 0 Å². The van der Waals surface area contributed by atoms with Crippen molar-refractivity contribution >= 4 is 45.5 Å². The van der Waals surface area contributed by atoms with Crippen LogP contribution in [0.2, 0.25) is 10.0 Å². The number of pyridine rings is 1. The fraction of sp³-hybridized carbons (Fsp3) is 0.118. The smallest absolute Gasteiger partial charge is 0.0827 e. The molecule has 3 rings (SSSR count). The van der Waals surface area contributed by atoms with Crippen molar-refractivity contribution in [3.63, 3.8) is 0 Å². The highest BCUT2D eigenvalue weighted by molar-refractivity contribution is 6.43. The Morgan fingerprint density at radius 1 is 0.952 bits per heavy atom. The molecule has 0 fully saturated rings. The number of hydrogen-bond donors (Lipinski definition) is 1. The lowest BCUT2D eigenvalue weighted by atomic mass is 10.1. The first-order valence-corrected chi connectivity index (χ1v) is 7.40. The summed E-state index contributed by atoms with van der Waals surface area (Å²) in [5.41, 5.74) is 4.87. The molecule has 0 aliphatic heterocycles. The standard InChI is InChI=1S/C17H14Cl2N2/c1-10-5-3-6-12-15(9-11(2)20-17(10)12)21-14-8-4-7-13(18)16(14)19/h3-9H,1-2H3,(H,20,21). The van der Waals surface area contributed by atoms with Gasteiger partial charge in [0.15, 0.2) is 0 Å². The third-order valence-corrected chi connectivity index (χ3v) is 4.21. The van der Waals surface area contributed by atoms with Gasteiger partial charge in [0.2, 0.25) is 0 Å². The number of nitrogens with one attached hydrogen (secondary N) is 1. The number of anilines is 2. The summed E-state index contributed by atoms with van der Waals surface area (Å²) >= 11 is 12.3. The molecule has 0 radical (unpaired) electrons. The molecule has 0 saturated heterocycles. The van der Waals surface area contributed by atoms with Crippen molar-refractivity contribution in [1.29, 1.82) is 0 Å². The number of halogens is 2. The van der Waals surface area contributed by atoms with Crippen molar-refractivity contribution < 1.29 is 0 Å². The fourth-order valence-electron chi connectivity index (χ4n) is 2.37. The van der Waals surface area contributed by atoms with E-state index in [2.05, 4.69) is 29.4 Å². The number of rotatable bonds is 2. The van der Waals surface area contributed by atoms with E-state index in [1.807, 2.05) is 31.2 Å². The molecule has 0 aliphatic rings. The van der Waals surface area contributed by atoms with Crippen LogP contribution in [0.3, 0.4) is 0 Å². The highest BCUT2D eigenvalue weighted by Crippen LogP contribution is 2.34. The monoisotopic (exact) mass is 316 g/mol. The molecule has 1 heterocycles. The molecular weight excluding hydrogens is 303 g/mol. The Kier molecular flexibility index (Phi) is 3.75. The summed E-state index contributed by atoms with van der Waals surface area (Å²) in [4.78, 5) is 4.62. The summed E-state index contributed by atoms with van der Waals surface area (Å²) < 4.78 is 0. The Labute approximate surface area is 133 Å². The lowest BCUT2D eigenvalue weighted by Gasteiger charge is -2.13. The van der Waals surface area contributed by atoms with Gasteiger partial charge in [0.1, 0.15) is 0 Å². The summed E-state index contributed by atoms with van der Waals surface area (Å²) in [7, 11) is 0. The van der Waals surface area contributed by atoms with Crippen molar-refractivity contribution in [2.75, 3.05) is 5.32 Å². The van der Waals surface area contributed by atoms with E-state index >= 15 is 0 Å². The number of nitrogens with zero attached hydrogens (tertiary/aromatic N) is 1. The number of benzene rings is 2. The van der Waals surface area contributed by atoms with Gasteiger partial charge in [0.05, 0.1) is 21.2 Å². The molecule has 4 heteroatoms. The zero-order valence-electron chi connectivity index (χ0n) is 11.7. The molecule has 0 spiro atoms. The maximum Gasteiger partial charge on any atom is 0.0827 e. The molecular formula is C17H14Cl2N2. The van der Waals surface area contributed by atoms with Crippen molar-refractivity contribution in [3.05, 3.63) is 63.8 Å². The molecule has 0 amide bonds. The Bertz CT molecular complexity index is 828. The van der Waals surface area contributed by atoms with Crippen LogP contribution in [0.4, 0.5) is 11.4 Å². The molecule has 106 valence electrons. The summed E-state index contributed by atoms with van der Waals surface area (Å²) in [6, 6.07) is 13.7. The topological polar surface area (TPSA) is 24.9 Å². The van der Waals surface area contributed by atoms with Gasteiger partial charge in [0, 0.05) is 16.8 Å². The Balaban J connectivity index is 2.17. The molecule has 21 heavy (non-hydrogen) atoms. The van der Waals surface area contributed by atoms with Crippen LogP contribution in [-0.4, -0.2) is 4.98 Å². The van der Waals surface area contributed by atoms with Gasteiger partial charge in [0.25, 0.3) is 0 Å². The summed E-state index contributed by atoms with van der Waals surface area (Å²) in [6.45, 7) is 4.04. The first-order chi connectivity index (χ1) is 10.1. The fourth-order valence-corrected chi connectivity index (χ4v) is 2.72. The highest BCUT2D eigenvalue weighted by Gasteiger charge is 2.09. The number of hydrogen-bond acceptors (Lipinski definition) is 2. The first kappa shape index (κ1) is 14.2. The van der Waals surface area contributed by atoms with Crippen LogP contribution in [0, 0.1) is 13.8 Å². The minimum Gasteiger partial charge on any atom is -0.354 e. The second kappa shape index (κ2) is 5.55. The molecule has 0 unspecified atom stereocenters. The summed E-state index contributed by atoms with van der Waals surface area (Å²) in [5.74, 6) is 0. The van der Waals surface area contributed by atoms with Crippen LogP contribution in [-0.2, 0) is 0 Å². The van der Waals surface area contributed by atoms with Crippen molar-refractivity contribution in [2.45, 2.75) is 13.8 Å². The van der Waals surface area contributed by atoms with E-state index in [0.29, 0.717) is 10.0 Å². The predicted molar refractivity (Wildman–Crippen MR) is 91.0 cm³/mol. The maximum absolute atomic E-state index is 6.26. The van der Waals surface area contributed by atoms with Gasteiger partial charge in [-0.15, -0.1) is 0 Å². The molecule has 3 aromatic rings. The molecule has 1 N–H and O–H groups in total. The van der Waals surface area contributed by atoms with Crippen molar-refractivity contribution in [3.8, 4) is 0 Å². The molecule has 0 atom stereocenters. The number of aryl methyl sites for hydroxylation is 2. The SMILES string of the molecule is Cc1cc(Nc2cccc(Cl)c2Cl)c2cccc(C)c2n1. The van der Waals surface area contributed by atoms with Gasteiger partial charge >= 0.3 is 0 Å². The zero-order valence-corrected chi connectivity index (χ0v) is 13.3. The third kappa shape index (κ3) is 2.69. The second-order valence-electron chi connectivity index (χ2n) is 5.01. The van der Waals surface area contributed by atoms with Gasteiger partial charge in [-0.05, 0) is 37.6 Å². The van der Waals surface area contributed by atoms with Crippen LogP contribution < -0.4 is 5.32 Å². The van der Waals surface area contributed by atoms with E-state index in [0.717, 1.165) is 33.5 Å². The van der Waals surface area contributed by atoms with E-state index in [-0.39, 0.29) is 0 Å². The number of aromatic nitrogens is 1. The Hall–Kier alpha value is -1.77. The van der Waals surface area contributed by atoms with Gasteiger partial charge in [-0.25, -0.2) is 0 Å². The van der Waals surface area contributed by atoms with Crippen LogP contribution in [0.5, 0.6) is 0 Å². The van der Waals surface area contributed by atoms with Gasteiger partial charge in [-0.1, -0.05) is 47.5 Å². The van der Waals surface area contributed by atoms with Crippen LogP contribution in [0.15, 0.2) is 42.5 Å². The molecule has 0 aliphatic carbocycles. The largest absolute Gasteiger partial charge is 0.354 e. The molecule has 2 aromatic carbocycles. The van der Waals surface area contributed by atoms with E-state index in [9.17, 15) is 0 Å². The van der Waals surface area contributed by atoms with Crippen LogP contribution in [0.25, 0.3) is 10.9 Å². The third-order valence-electron chi connectivity index (χ3n) is 3.39. The first-order valence-electron chi connectivity index (χ1n) is 6.64. The predicted octanol–water partition coefficient (Wildman–Crippen LogP) is 5.90. The zero-order chi connectivity index (χ0) is 15.0. The molecule has 1 aromatic heterocycles. The normalized spacial score (nSPS) is 10.9. The van der Waals surface area contributed by atoms with E-state index in [1.54, 1.807) is 6.07 Å². The average Bonchev–Trinajstić information content (AvgIpc) is 2.45. The molecule has 0 bridgehead atoms. The summed E-state index contributed by atoms with van der Waals surface area (Å²) in [6.07, 6.45) is 0. The minimum absolute atomic E-state index is 0.523. The quantitative estimate of drug-likeness (QED) is 0.636. The van der Waals surface area contributed by atoms with Crippen molar-refractivity contribution in [1.82, 2.24) is 4.98 Å². The van der Waals surface area contributed by atoms with Crippen LogP contribution in [0.1, 0.15) is 11.3 Å². The second-order valence-corrected chi connectivity index (χ2v) is 5.79. The number of fused-ring (bicyclic) bond motifs is 1. The maximum atomic E-state index is 6.26. The van der Waals surface area contributed by atoms with Gasteiger partial charge in [-0.2, -0.15) is 0 Å². The van der Waals surface area contributed by atoms with E-state index < -0.39 is 0 Å². The van der Waals surface area contributed by atoms with Gasteiger partial charge < -0.3 is 5.32 Å². The lowest BCUT2D eigenvalue weighted by molar-refractivity contribution is 1.24. The van der Waals surface area contributed by atoms with Gasteiger partial charge in [-0.3, -0.25) is 4.98 Å². The van der Waals surface area contributed by atoms with Crippen LogP contribution >= 0.6 is 23.2 Å². The number of para-hydroxylation sites is 1. The average molecular weight is 317 g/mol. The Morgan fingerprint density at radius 2 is 1.71 bits per heavy atom. The molecule has 0 saturated carbocycles. The molecule has 2 nitrogen and oxygen atoms in total. The lowest BCUT2D eigenvalue weighted by Crippen LogP contribution is -1.96. The van der Waals surface area contributed by atoms with Crippen molar-refractivity contribution in [2.24, 2.45) is 0 Å². The minimum atomic E-state index is 0.523. The summed E-state index contributed by atoms with van der Waals surface area (Å²) in [5, 5.41) is 5.49.